The first-order valence-electron chi connectivity index (χ1n) is 16.5. The van der Waals surface area contributed by atoms with Crippen molar-refractivity contribution >= 4 is 11.9 Å². The summed E-state index contributed by atoms with van der Waals surface area (Å²) in [5.74, 6) is -0.681. The number of esters is 2. The number of hydrogen-bond acceptors (Lipinski definition) is 5. The van der Waals surface area contributed by atoms with Crippen LogP contribution in [0.15, 0.2) is 72.9 Å². The first kappa shape index (κ1) is 39.3. The summed E-state index contributed by atoms with van der Waals surface area (Å²) < 4.78 is 10.5. The van der Waals surface area contributed by atoms with E-state index in [0.717, 1.165) is 64.2 Å². The number of allylic oxidation sites excluding steroid dienone is 12. The van der Waals surface area contributed by atoms with Crippen molar-refractivity contribution in [3.8, 4) is 0 Å². The van der Waals surface area contributed by atoms with Gasteiger partial charge in [0.25, 0.3) is 0 Å². The van der Waals surface area contributed by atoms with Crippen LogP contribution in [0.1, 0.15) is 129 Å². The molecule has 5 heteroatoms. The maximum absolute atomic E-state index is 12.1. The maximum atomic E-state index is 12.1. The van der Waals surface area contributed by atoms with E-state index in [4.69, 9.17) is 9.47 Å². The van der Waals surface area contributed by atoms with Gasteiger partial charge in [-0.3, -0.25) is 9.59 Å². The average Bonchev–Trinajstić information content (AvgIpc) is 2.99. The minimum Gasteiger partial charge on any atom is -0.462 e. The summed E-state index contributed by atoms with van der Waals surface area (Å²) in [5, 5.41) is 9.49. The minimum absolute atomic E-state index is 0.0970. The Kier molecular flexibility index (Phi) is 30.8. The van der Waals surface area contributed by atoms with Gasteiger partial charge in [-0.05, 0) is 70.6 Å². The number of hydrogen-bond donors (Lipinski definition) is 1. The molecule has 5 nitrogen and oxygen atoms in total. The van der Waals surface area contributed by atoms with Crippen LogP contribution in [0.4, 0.5) is 0 Å². The highest BCUT2D eigenvalue weighted by Crippen LogP contribution is 2.09. The lowest BCUT2D eigenvalue weighted by Crippen LogP contribution is -2.28. The smallest absolute Gasteiger partial charge is 0.306 e. The van der Waals surface area contributed by atoms with Gasteiger partial charge in [0.05, 0.1) is 6.61 Å². The van der Waals surface area contributed by atoms with Crippen LogP contribution in [0.3, 0.4) is 0 Å². The molecule has 0 heterocycles. The molecule has 0 aliphatic carbocycles. The monoisotopic (exact) mass is 584 g/mol. The Hall–Kier alpha value is -2.66. The second kappa shape index (κ2) is 32.8. The van der Waals surface area contributed by atoms with Gasteiger partial charge >= 0.3 is 11.9 Å². The predicted molar refractivity (Wildman–Crippen MR) is 177 cm³/mol. The van der Waals surface area contributed by atoms with Gasteiger partial charge in [0.1, 0.15) is 6.61 Å². The Labute approximate surface area is 257 Å². The summed E-state index contributed by atoms with van der Waals surface area (Å²) in [6.45, 7) is 3.89. The van der Waals surface area contributed by atoms with E-state index < -0.39 is 6.10 Å². The fourth-order valence-corrected chi connectivity index (χ4v) is 3.98. The summed E-state index contributed by atoms with van der Waals surface area (Å²) in [6, 6.07) is 0. The molecule has 0 amide bonds. The number of aliphatic hydroxyl groups is 1. The van der Waals surface area contributed by atoms with Crippen molar-refractivity contribution in [2.75, 3.05) is 13.2 Å². The SMILES string of the molecule is CCC=CCC=CCC=CCC=CCC=CCCCC(=O)OC(CO)COC(=O)CCCCCCCC=CCCCC. The first-order chi connectivity index (χ1) is 20.6. The Morgan fingerprint density at radius 3 is 1.64 bits per heavy atom. The molecule has 0 spiro atoms. The quantitative estimate of drug-likeness (QED) is 0.0563. The van der Waals surface area contributed by atoms with E-state index in [-0.39, 0.29) is 31.6 Å². The molecule has 1 N–H and O–H groups in total. The van der Waals surface area contributed by atoms with E-state index in [1.165, 1.54) is 32.1 Å². The molecule has 0 bridgehead atoms. The van der Waals surface area contributed by atoms with Gasteiger partial charge in [-0.2, -0.15) is 0 Å². The molecule has 0 aliphatic rings. The molecule has 0 aromatic carbocycles. The Morgan fingerprint density at radius 1 is 0.571 bits per heavy atom. The number of ether oxygens (including phenoxy) is 2. The fraction of sp³-hybridized carbons (Fsp3) is 0.622. The van der Waals surface area contributed by atoms with Crippen LogP contribution in [0, 0.1) is 0 Å². The van der Waals surface area contributed by atoms with Crippen LogP contribution in [0.5, 0.6) is 0 Å². The second-order valence-electron chi connectivity index (χ2n) is 10.5. The van der Waals surface area contributed by atoms with Crippen molar-refractivity contribution in [3.05, 3.63) is 72.9 Å². The molecule has 0 radical (unpaired) electrons. The van der Waals surface area contributed by atoms with Gasteiger partial charge in [0.2, 0.25) is 0 Å². The number of carbonyl (C=O) groups excluding carboxylic acids is 2. The number of carbonyl (C=O) groups is 2. The molecule has 0 fully saturated rings. The molecule has 42 heavy (non-hydrogen) atoms. The molecule has 0 rings (SSSR count). The van der Waals surface area contributed by atoms with E-state index in [0.29, 0.717) is 12.8 Å². The van der Waals surface area contributed by atoms with Crippen LogP contribution < -0.4 is 0 Å². The average molecular weight is 585 g/mol. The van der Waals surface area contributed by atoms with Crippen LogP contribution in [0.2, 0.25) is 0 Å². The third kappa shape index (κ3) is 30.3. The topological polar surface area (TPSA) is 72.8 Å². The molecule has 0 saturated heterocycles. The normalized spacial score (nSPS) is 13.1. The highest BCUT2D eigenvalue weighted by Gasteiger charge is 2.15. The van der Waals surface area contributed by atoms with Crippen LogP contribution >= 0.6 is 0 Å². The summed E-state index contributed by atoms with van der Waals surface area (Å²) >= 11 is 0. The van der Waals surface area contributed by atoms with Crippen molar-refractivity contribution in [2.24, 2.45) is 0 Å². The Balaban J connectivity index is 3.76. The summed E-state index contributed by atoms with van der Waals surface area (Å²) in [5.41, 5.74) is 0. The highest BCUT2D eigenvalue weighted by molar-refractivity contribution is 5.70. The van der Waals surface area contributed by atoms with Crippen molar-refractivity contribution in [3.63, 3.8) is 0 Å². The third-order valence-corrected chi connectivity index (χ3v) is 6.48. The zero-order valence-corrected chi connectivity index (χ0v) is 26.7. The Morgan fingerprint density at radius 2 is 1.05 bits per heavy atom. The lowest BCUT2D eigenvalue weighted by Gasteiger charge is -2.15. The Bertz CT molecular complexity index is 803. The molecule has 1 atom stereocenters. The van der Waals surface area contributed by atoms with Gasteiger partial charge in [0, 0.05) is 12.8 Å². The second-order valence-corrected chi connectivity index (χ2v) is 10.5. The van der Waals surface area contributed by atoms with Gasteiger partial charge in [-0.25, -0.2) is 0 Å². The molecule has 0 aromatic rings. The van der Waals surface area contributed by atoms with Crippen molar-refractivity contribution in [1.29, 1.82) is 0 Å². The predicted octanol–water partition coefficient (Wildman–Crippen LogP) is 9.83. The minimum atomic E-state index is -0.805. The van der Waals surface area contributed by atoms with Gasteiger partial charge < -0.3 is 14.6 Å². The number of rotatable bonds is 28. The number of unbranched alkanes of at least 4 members (excludes halogenated alkanes) is 8. The van der Waals surface area contributed by atoms with Crippen molar-refractivity contribution in [1.82, 2.24) is 0 Å². The fourth-order valence-electron chi connectivity index (χ4n) is 3.98. The molecule has 0 saturated carbocycles. The summed E-state index contributed by atoms with van der Waals surface area (Å²) in [6.07, 6.45) is 42.4. The van der Waals surface area contributed by atoms with Gasteiger partial charge in [0.15, 0.2) is 6.10 Å². The van der Waals surface area contributed by atoms with Crippen LogP contribution in [0.25, 0.3) is 0 Å². The largest absolute Gasteiger partial charge is 0.462 e. The number of aliphatic hydroxyl groups excluding tert-OH is 1. The van der Waals surface area contributed by atoms with E-state index in [1.807, 2.05) is 0 Å². The van der Waals surface area contributed by atoms with Crippen molar-refractivity contribution in [2.45, 2.75) is 136 Å². The van der Waals surface area contributed by atoms with Crippen LogP contribution in [-0.4, -0.2) is 36.4 Å². The van der Waals surface area contributed by atoms with E-state index >= 15 is 0 Å². The lowest BCUT2D eigenvalue weighted by molar-refractivity contribution is -0.161. The molecule has 1 unspecified atom stereocenters. The standard InChI is InChI=1S/C37H60O5/c1-3-5-7-9-11-13-15-16-17-18-19-20-22-24-26-28-30-32-37(40)42-35(33-38)34-41-36(39)31-29-27-25-23-21-14-12-10-8-6-4-2/h5,7,10-13,16-17,19-20,24,26,35,38H,3-4,6,8-9,14-15,18,21-23,25,27-34H2,1-2H3. The van der Waals surface area contributed by atoms with E-state index in [1.54, 1.807) is 0 Å². The lowest BCUT2D eigenvalue weighted by atomic mass is 10.1. The zero-order chi connectivity index (χ0) is 30.8. The van der Waals surface area contributed by atoms with Crippen molar-refractivity contribution < 1.29 is 24.2 Å². The summed E-state index contributed by atoms with van der Waals surface area (Å²) in [7, 11) is 0. The van der Waals surface area contributed by atoms with Crippen LogP contribution in [-0.2, 0) is 19.1 Å². The molecular formula is C37H60O5. The maximum Gasteiger partial charge on any atom is 0.306 e. The van der Waals surface area contributed by atoms with Gasteiger partial charge in [-0.15, -0.1) is 0 Å². The van der Waals surface area contributed by atoms with E-state index in [9.17, 15) is 14.7 Å². The molecule has 238 valence electrons. The first-order valence-corrected chi connectivity index (χ1v) is 16.5. The zero-order valence-electron chi connectivity index (χ0n) is 26.7. The summed E-state index contributed by atoms with van der Waals surface area (Å²) in [4.78, 5) is 24.1. The van der Waals surface area contributed by atoms with E-state index in [2.05, 4.69) is 86.8 Å². The molecular weight excluding hydrogens is 524 g/mol. The van der Waals surface area contributed by atoms with Gasteiger partial charge in [-0.1, -0.05) is 119 Å². The highest BCUT2D eigenvalue weighted by atomic mass is 16.6. The third-order valence-electron chi connectivity index (χ3n) is 6.48. The molecule has 0 aromatic heterocycles. The molecule has 0 aliphatic heterocycles.